The van der Waals surface area contributed by atoms with Gasteiger partial charge < -0.3 is 14.5 Å². The van der Waals surface area contributed by atoms with Crippen LogP contribution in [0.15, 0.2) is 12.0 Å². The smallest absolute Gasteiger partial charge is 0.246 e. The number of amides is 2. The highest BCUT2D eigenvalue weighted by molar-refractivity contribution is 14.1. The van der Waals surface area contributed by atoms with E-state index in [9.17, 15) is 18.0 Å². The molecule has 0 aliphatic carbocycles. The van der Waals surface area contributed by atoms with E-state index in [0.717, 1.165) is 5.41 Å². The van der Waals surface area contributed by atoms with Gasteiger partial charge in [0.25, 0.3) is 0 Å². The van der Waals surface area contributed by atoms with E-state index < -0.39 is 22.1 Å². The van der Waals surface area contributed by atoms with E-state index in [2.05, 4.69) is 33.9 Å². The van der Waals surface area contributed by atoms with Crippen molar-refractivity contribution >= 4 is 44.4 Å². The highest BCUT2D eigenvalue weighted by Gasteiger charge is 2.41. The normalized spacial score (nSPS) is 23.9. The van der Waals surface area contributed by atoms with Crippen molar-refractivity contribution in [2.24, 2.45) is 0 Å². The minimum atomic E-state index is -3.68. The Kier molecular flexibility index (Phi) is 6.40. The van der Waals surface area contributed by atoms with E-state index >= 15 is 0 Å². The summed E-state index contributed by atoms with van der Waals surface area (Å²) in [5.74, 6) is -0.470. The molecule has 2 atom stereocenters. The first-order chi connectivity index (χ1) is 10.9. The predicted molar refractivity (Wildman–Crippen MR) is 92.4 cm³/mol. The van der Waals surface area contributed by atoms with Crippen molar-refractivity contribution in [1.29, 1.82) is 0 Å². The maximum absolute atomic E-state index is 12.6. The molecular weight excluding hydrogens is 437 g/mol. The Morgan fingerprint density at radius 3 is 2.65 bits per heavy atom. The van der Waals surface area contributed by atoms with Crippen molar-refractivity contribution < 1.29 is 22.7 Å². The summed E-state index contributed by atoms with van der Waals surface area (Å²) in [6, 6.07) is -1.40. The molecule has 0 aromatic heterocycles. The lowest BCUT2D eigenvalue weighted by atomic mass is 10.2. The van der Waals surface area contributed by atoms with Crippen molar-refractivity contribution in [3.05, 3.63) is 12.0 Å². The fourth-order valence-electron chi connectivity index (χ4n) is 2.64. The number of nitrogens with one attached hydrogen (secondary N) is 1. The van der Waals surface area contributed by atoms with Gasteiger partial charge in [0.1, 0.15) is 12.1 Å². The SMILES string of the molecule is C=CS(=O)(=O)N[C@H]1CCN([C@H](CI)C(=O)N2CCOCC2)C1=O. The van der Waals surface area contributed by atoms with Gasteiger partial charge in [-0.05, 0) is 6.42 Å². The van der Waals surface area contributed by atoms with Crippen LogP contribution in [0, 0.1) is 0 Å². The molecule has 23 heavy (non-hydrogen) atoms. The summed E-state index contributed by atoms with van der Waals surface area (Å²) in [4.78, 5) is 28.2. The molecule has 8 nitrogen and oxygen atoms in total. The number of carbonyl (C=O) groups excluding carboxylic acids is 2. The largest absolute Gasteiger partial charge is 0.378 e. The van der Waals surface area contributed by atoms with Crippen LogP contribution >= 0.6 is 22.6 Å². The molecule has 0 radical (unpaired) electrons. The van der Waals surface area contributed by atoms with Crippen LogP contribution < -0.4 is 4.72 Å². The number of halogens is 1. The molecule has 0 bridgehead atoms. The van der Waals surface area contributed by atoms with Gasteiger partial charge in [0.2, 0.25) is 21.8 Å². The fourth-order valence-corrected chi connectivity index (χ4v) is 4.21. The molecule has 2 heterocycles. The monoisotopic (exact) mass is 457 g/mol. The minimum Gasteiger partial charge on any atom is -0.378 e. The third-order valence-electron chi connectivity index (χ3n) is 3.90. The Labute approximate surface area is 149 Å². The molecule has 2 aliphatic heterocycles. The molecule has 1 N–H and O–H groups in total. The molecule has 2 fully saturated rings. The molecule has 2 amide bonds. The van der Waals surface area contributed by atoms with Gasteiger partial charge in [0.15, 0.2) is 0 Å². The van der Waals surface area contributed by atoms with E-state index in [0.29, 0.717) is 43.7 Å². The number of carbonyl (C=O) groups is 2. The number of sulfonamides is 1. The number of morpholine rings is 1. The second-order valence-electron chi connectivity index (χ2n) is 5.31. The third-order valence-corrected chi connectivity index (χ3v) is 5.78. The minimum absolute atomic E-state index is 0.108. The number of hydrogen-bond acceptors (Lipinski definition) is 5. The third kappa shape index (κ3) is 4.43. The lowest BCUT2D eigenvalue weighted by Crippen LogP contribution is -2.54. The van der Waals surface area contributed by atoms with E-state index in [4.69, 9.17) is 4.74 Å². The number of hydrogen-bond donors (Lipinski definition) is 1. The number of likely N-dealkylation sites (tertiary alicyclic amines) is 1. The van der Waals surface area contributed by atoms with Crippen LogP contribution in [0.25, 0.3) is 0 Å². The van der Waals surface area contributed by atoms with Gasteiger partial charge in [-0.15, -0.1) is 0 Å². The molecule has 0 aromatic carbocycles. The van der Waals surface area contributed by atoms with E-state index in [1.54, 1.807) is 4.90 Å². The summed E-state index contributed by atoms with van der Waals surface area (Å²) in [6.07, 6.45) is 0.343. The molecule has 2 rings (SSSR count). The van der Waals surface area contributed by atoms with Crippen molar-refractivity contribution in [3.8, 4) is 0 Å². The van der Waals surface area contributed by atoms with Gasteiger partial charge in [0.05, 0.1) is 13.2 Å². The van der Waals surface area contributed by atoms with Gasteiger partial charge >= 0.3 is 0 Å². The molecule has 130 valence electrons. The standard InChI is InChI=1S/C13H20IN3O5S/c1-2-23(20,21)15-10-3-4-17(12(10)18)11(9-14)13(19)16-5-7-22-8-6-16/h2,10-11,15H,1,3-9H2/t10-,11+/m0/s1. The summed E-state index contributed by atoms with van der Waals surface area (Å²) in [5.41, 5.74) is 0. The van der Waals surface area contributed by atoms with E-state index in [1.165, 1.54) is 4.90 Å². The van der Waals surface area contributed by atoms with Crippen molar-refractivity contribution in [2.45, 2.75) is 18.5 Å². The summed E-state index contributed by atoms with van der Waals surface area (Å²) >= 11 is 2.08. The summed E-state index contributed by atoms with van der Waals surface area (Å²) in [5, 5.41) is 0.775. The van der Waals surface area contributed by atoms with Gasteiger partial charge in [-0.1, -0.05) is 29.2 Å². The maximum atomic E-state index is 12.6. The molecular formula is C13H20IN3O5S. The van der Waals surface area contributed by atoms with E-state index in [-0.39, 0.29) is 11.8 Å². The summed E-state index contributed by atoms with van der Waals surface area (Å²) in [6.45, 7) is 5.58. The fraction of sp³-hybridized carbons (Fsp3) is 0.692. The van der Waals surface area contributed by atoms with Gasteiger partial charge in [-0.25, -0.2) is 8.42 Å². The Balaban J connectivity index is 2.05. The number of alkyl halides is 1. The van der Waals surface area contributed by atoms with Crippen molar-refractivity contribution in [1.82, 2.24) is 14.5 Å². The molecule has 10 heteroatoms. The second-order valence-corrected chi connectivity index (χ2v) is 7.85. The highest BCUT2D eigenvalue weighted by atomic mass is 127. The first kappa shape index (κ1) is 18.6. The van der Waals surface area contributed by atoms with E-state index in [1.807, 2.05) is 0 Å². The van der Waals surface area contributed by atoms with Crippen LogP contribution in [0.5, 0.6) is 0 Å². The quantitative estimate of drug-likeness (QED) is 0.421. The number of nitrogens with zero attached hydrogens (tertiary/aromatic N) is 2. The van der Waals surface area contributed by atoms with Crippen LogP contribution in [-0.4, -0.2) is 79.4 Å². The molecule has 0 saturated carbocycles. The van der Waals surface area contributed by atoms with Gasteiger partial charge in [-0.3, -0.25) is 9.59 Å². The predicted octanol–water partition coefficient (Wildman–Crippen LogP) is -0.687. The topological polar surface area (TPSA) is 96.0 Å². The summed E-state index contributed by atoms with van der Waals surface area (Å²) in [7, 11) is -3.68. The zero-order valence-corrected chi connectivity index (χ0v) is 15.6. The van der Waals surface area contributed by atoms with Crippen LogP contribution in [-0.2, 0) is 24.3 Å². The highest BCUT2D eigenvalue weighted by Crippen LogP contribution is 2.19. The van der Waals surface area contributed by atoms with Crippen LogP contribution in [0.2, 0.25) is 0 Å². The Bertz CT molecular complexity index is 576. The van der Waals surface area contributed by atoms with Gasteiger partial charge in [-0.2, -0.15) is 4.72 Å². The molecule has 0 aromatic rings. The Hall–Kier alpha value is -0.720. The van der Waals surface area contributed by atoms with Crippen LogP contribution in [0.4, 0.5) is 0 Å². The lowest BCUT2D eigenvalue weighted by molar-refractivity contribution is -0.145. The van der Waals surface area contributed by atoms with Crippen molar-refractivity contribution in [2.75, 3.05) is 37.3 Å². The first-order valence-electron chi connectivity index (χ1n) is 7.27. The average Bonchev–Trinajstić information content (AvgIpc) is 2.90. The molecule has 2 aliphatic rings. The number of ether oxygens (including phenoxy) is 1. The molecule has 2 saturated heterocycles. The number of rotatable bonds is 6. The molecule has 0 unspecified atom stereocenters. The van der Waals surface area contributed by atoms with Crippen LogP contribution in [0.1, 0.15) is 6.42 Å². The zero-order valence-electron chi connectivity index (χ0n) is 12.6. The second kappa shape index (κ2) is 7.90. The zero-order chi connectivity index (χ0) is 17.0. The Morgan fingerprint density at radius 1 is 1.43 bits per heavy atom. The summed E-state index contributed by atoms with van der Waals surface area (Å²) < 4.78 is 31.1. The Morgan fingerprint density at radius 2 is 2.09 bits per heavy atom. The van der Waals surface area contributed by atoms with Gasteiger partial charge in [0, 0.05) is 29.5 Å². The maximum Gasteiger partial charge on any atom is 0.246 e. The molecule has 0 spiro atoms. The van der Waals surface area contributed by atoms with Crippen LogP contribution in [0.3, 0.4) is 0 Å². The lowest BCUT2D eigenvalue weighted by Gasteiger charge is -2.33. The van der Waals surface area contributed by atoms with Crippen molar-refractivity contribution in [3.63, 3.8) is 0 Å². The first-order valence-corrected chi connectivity index (χ1v) is 10.3. The average molecular weight is 457 g/mol.